The smallest absolute Gasteiger partial charge is 0.282 e. The van der Waals surface area contributed by atoms with Crippen molar-refractivity contribution in [1.82, 2.24) is 0 Å². The molecule has 4 rings (SSSR count). The molecule has 3 aromatic carbocycles. The van der Waals surface area contributed by atoms with Gasteiger partial charge in [0.1, 0.15) is 11.4 Å². The van der Waals surface area contributed by atoms with Crippen LogP contribution in [0.4, 0.5) is 11.4 Å². The van der Waals surface area contributed by atoms with Crippen molar-refractivity contribution >= 4 is 28.8 Å². The van der Waals surface area contributed by atoms with Crippen molar-refractivity contribution in [1.29, 1.82) is 5.26 Å². The summed E-state index contributed by atoms with van der Waals surface area (Å²) in [7, 11) is 0. The van der Waals surface area contributed by atoms with Gasteiger partial charge in [-0.3, -0.25) is 9.59 Å². The van der Waals surface area contributed by atoms with Crippen molar-refractivity contribution < 1.29 is 14.3 Å². The van der Waals surface area contributed by atoms with E-state index in [0.29, 0.717) is 34.2 Å². The first-order valence-corrected chi connectivity index (χ1v) is 11.6. The Morgan fingerprint density at radius 2 is 1.46 bits per heavy atom. The summed E-state index contributed by atoms with van der Waals surface area (Å²) in [5, 5.41) is 12.3. The van der Waals surface area contributed by atoms with Gasteiger partial charge in [0.15, 0.2) is 0 Å². The zero-order valence-corrected chi connectivity index (χ0v) is 20.2. The molecular weight excluding hydrogens is 438 g/mol. The average Bonchev–Trinajstić information content (AvgIpc) is 3.08. The van der Waals surface area contributed by atoms with Crippen LogP contribution in [0.25, 0.3) is 5.57 Å². The monoisotopic (exact) mass is 465 g/mol. The van der Waals surface area contributed by atoms with Gasteiger partial charge in [0.05, 0.1) is 29.0 Å². The van der Waals surface area contributed by atoms with Gasteiger partial charge >= 0.3 is 0 Å². The molecule has 0 spiro atoms. The molecule has 0 aliphatic carbocycles. The summed E-state index contributed by atoms with van der Waals surface area (Å²) in [4.78, 5) is 28.3. The van der Waals surface area contributed by atoms with Crippen molar-refractivity contribution in [2.75, 3.05) is 10.2 Å². The number of carbonyl (C=O) groups excluding carboxylic acids is 2. The number of nitrogens with zero attached hydrogens (tertiary/aromatic N) is 2. The van der Waals surface area contributed by atoms with E-state index in [9.17, 15) is 9.59 Å². The fourth-order valence-electron chi connectivity index (χ4n) is 3.90. The van der Waals surface area contributed by atoms with Crippen molar-refractivity contribution in [2.45, 2.75) is 39.7 Å². The molecule has 0 bridgehead atoms. The minimum absolute atomic E-state index is 0.0210. The third kappa shape index (κ3) is 4.95. The van der Waals surface area contributed by atoms with Crippen molar-refractivity contribution in [3.05, 3.63) is 95.2 Å². The number of hydrogen-bond acceptors (Lipinski definition) is 5. The highest BCUT2D eigenvalue weighted by atomic mass is 16.5. The second kappa shape index (κ2) is 9.86. The number of imide groups is 1. The summed E-state index contributed by atoms with van der Waals surface area (Å²) < 4.78 is 5.72. The van der Waals surface area contributed by atoms with Gasteiger partial charge in [-0.05, 0) is 79.4 Å². The Kier molecular flexibility index (Phi) is 6.70. The third-order valence-corrected chi connectivity index (χ3v) is 5.70. The maximum Gasteiger partial charge on any atom is 0.282 e. The quantitative estimate of drug-likeness (QED) is 0.442. The summed E-state index contributed by atoms with van der Waals surface area (Å²) in [5.74, 6) is 0.180. The normalized spacial score (nSPS) is 13.6. The van der Waals surface area contributed by atoms with Crippen LogP contribution in [-0.2, 0) is 9.59 Å². The van der Waals surface area contributed by atoms with Crippen molar-refractivity contribution in [3.63, 3.8) is 0 Å². The van der Waals surface area contributed by atoms with Crippen molar-refractivity contribution in [2.24, 2.45) is 0 Å². The molecule has 1 heterocycles. The van der Waals surface area contributed by atoms with Gasteiger partial charge in [-0.2, -0.15) is 5.26 Å². The fourth-order valence-corrected chi connectivity index (χ4v) is 3.90. The first kappa shape index (κ1) is 23.8. The Labute approximate surface area is 205 Å². The van der Waals surface area contributed by atoms with E-state index in [4.69, 9.17) is 10.00 Å². The zero-order chi connectivity index (χ0) is 25.1. The number of nitriles is 1. The lowest BCUT2D eigenvalue weighted by molar-refractivity contribution is -0.120. The molecule has 0 aromatic heterocycles. The topological polar surface area (TPSA) is 82.4 Å². The second-order valence-electron chi connectivity index (χ2n) is 8.95. The fraction of sp³-hybridized carbons (Fsp3) is 0.207. The summed E-state index contributed by atoms with van der Waals surface area (Å²) in [6.07, 6.45) is 0.0210. The Morgan fingerprint density at radius 1 is 0.829 bits per heavy atom. The number of nitrogens with one attached hydrogen (secondary N) is 1. The lowest BCUT2D eigenvalue weighted by Crippen LogP contribution is -2.32. The van der Waals surface area contributed by atoms with E-state index in [2.05, 4.69) is 25.2 Å². The minimum Gasteiger partial charge on any atom is -0.491 e. The number of hydrogen-bond donors (Lipinski definition) is 1. The van der Waals surface area contributed by atoms with Gasteiger partial charge in [-0.15, -0.1) is 0 Å². The van der Waals surface area contributed by atoms with Crippen LogP contribution in [0, 0.1) is 11.3 Å². The van der Waals surface area contributed by atoms with E-state index < -0.39 is 11.8 Å². The predicted octanol–water partition coefficient (Wildman–Crippen LogP) is 5.87. The van der Waals surface area contributed by atoms with Crippen LogP contribution in [0.1, 0.15) is 50.3 Å². The maximum absolute atomic E-state index is 13.6. The predicted molar refractivity (Wildman–Crippen MR) is 137 cm³/mol. The molecule has 0 unspecified atom stereocenters. The molecule has 0 saturated heterocycles. The summed E-state index contributed by atoms with van der Waals surface area (Å²) in [6.45, 7) is 8.12. The molecular formula is C29H27N3O3. The first-order chi connectivity index (χ1) is 16.8. The number of benzene rings is 3. The molecule has 1 aliphatic heterocycles. The van der Waals surface area contributed by atoms with Gasteiger partial charge in [0.25, 0.3) is 11.8 Å². The van der Waals surface area contributed by atoms with Crippen LogP contribution in [0.5, 0.6) is 5.75 Å². The Bertz CT molecular complexity index is 1310. The van der Waals surface area contributed by atoms with E-state index in [1.165, 1.54) is 5.56 Å². The lowest BCUT2D eigenvalue weighted by Gasteiger charge is -2.15. The van der Waals surface area contributed by atoms with Crippen LogP contribution >= 0.6 is 0 Å². The number of amides is 2. The molecule has 6 nitrogen and oxygen atoms in total. The van der Waals surface area contributed by atoms with Gasteiger partial charge in [-0.1, -0.05) is 38.1 Å². The molecule has 6 heteroatoms. The van der Waals surface area contributed by atoms with E-state index in [1.807, 2.05) is 38.1 Å². The molecule has 1 aliphatic rings. The first-order valence-electron chi connectivity index (χ1n) is 11.6. The number of carbonyl (C=O) groups is 2. The zero-order valence-electron chi connectivity index (χ0n) is 20.2. The third-order valence-electron chi connectivity index (χ3n) is 5.70. The number of rotatable bonds is 7. The van der Waals surface area contributed by atoms with E-state index in [0.717, 1.165) is 4.90 Å². The minimum atomic E-state index is -0.454. The molecule has 2 amide bonds. The van der Waals surface area contributed by atoms with E-state index in [1.54, 1.807) is 48.5 Å². The van der Waals surface area contributed by atoms with E-state index in [-0.39, 0.29) is 17.4 Å². The lowest BCUT2D eigenvalue weighted by atomic mass is 10.0. The molecule has 0 atom stereocenters. The van der Waals surface area contributed by atoms with Crippen LogP contribution in [0.3, 0.4) is 0 Å². The molecule has 3 aromatic rings. The largest absolute Gasteiger partial charge is 0.491 e. The standard InChI is InChI=1S/C29H27N3O3/c1-18(2)21-7-11-23(12-8-21)31-27-26(22-9-15-25(16-10-22)35-19(3)4)28(33)32(29(27)34)24-13-5-20(17-30)6-14-24/h5-16,18-19,31H,1-4H3. The second-order valence-corrected chi connectivity index (χ2v) is 8.95. The van der Waals surface area contributed by atoms with Crippen LogP contribution in [0.15, 0.2) is 78.5 Å². The Hall–Kier alpha value is -4.37. The SMILES string of the molecule is CC(C)Oc1ccc(C2=C(Nc3ccc(C(C)C)cc3)C(=O)N(c3ccc(C#N)cc3)C2=O)cc1. The van der Waals surface area contributed by atoms with Crippen LogP contribution in [-0.4, -0.2) is 17.9 Å². The molecule has 0 fully saturated rings. The molecule has 0 radical (unpaired) electrons. The highest BCUT2D eigenvalue weighted by molar-refractivity contribution is 6.46. The summed E-state index contributed by atoms with van der Waals surface area (Å²) >= 11 is 0. The van der Waals surface area contributed by atoms with Gasteiger partial charge in [0.2, 0.25) is 0 Å². The van der Waals surface area contributed by atoms with Crippen LogP contribution in [0.2, 0.25) is 0 Å². The Morgan fingerprint density at radius 3 is 2.00 bits per heavy atom. The van der Waals surface area contributed by atoms with Gasteiger partial charge in [-0.25, -0.2) is 4.90 Å². The summed E-state index contributed by atoms with van der Waals surface area (Å²) in [5.41, 5.74) is 3.84. The molecule has 35 heavy (non-hydrogen) atoms. The maximum atomic E-state index is 13.6. The molecule has 1 N–H and O–H groups in total. The van der Waals surface area contributed by atoms with Gasteiger partial charge < -0.3 is 10.1 Å². The number of anilines is 2. The highest BCUT2D eigenvalue weighted by Crippen LogP contribution is 2.34. The molecule has 176 valence electrons. The van der Waals surface area contributed by atoms with Gasteiger partial charge in [0, 0.05) is 5.69 Å². The average molecular weight is 466 g/mol. The number of ether oxygens (including phenoxy) is 1. The highest BCUT2D eigenvalue weighted by Gasteiger charge is 2.40. The summed E-state index contributed by atoms with van der Waals surface area (Å²) in [6, 6.07) is 23.4. The molecule has 0 saturated carbocycles. The van der Waals surface area contributed by atoms with Crippen molar-refractivity contribution in [3.8, 4) is 11.8 Å². The van der Waals surface area contributed by atoms with Crippen LogP contribution < -0.4 is 15.0 Å². The Balaban J connectivity index is 1.75. The van der Waals surface area contributed by atoms with E-state index >= 15 is 0 Å².